The summed E-state index contributed by atoms with van der Waals surface area (Å²) < 4.78 is 16.7. The number of ether oxygens (including phenoxy) is 3. The molecule has 1 heterocycles. The van der Waals surface area contributed by atoms with Gasteiger partial charge in [0.1, 0.15) is 24.4 Å². The lowest BCUT2D eigenvalue weighted by atomic mass is 9.99. The second-order valence-corrected chi connectivity index (χ2v) is 23.5. The predicted octanol–water partition coefficient (Wildman–Crippen LogP) is 17.0. The lowest BCUT2D eigenvalue weighted by Gasteiger charge is -2.40. The Morgan fingerprint density at radius 3 is 1.27 bits per heavy atom. The van der Waals surface area contributed by atoms with Crippen molar-refractivity contribution in [3.8, 4) is 0 Å². The molecular formula is C70H127NO10. The molecule has 0 bridgehead atoms. The van der Waals surface area contributed by atoms with Crippen molar-refractivity contribution in [2.75, 3.05) is 19.8 Å². The number of carbonyl (C=O) groups is 2. The third kappa shape index (κ3) is 48.3. The summed E-state index contributed by atoms with van der Waals surface area (Å²) in [5, 5.41) is 54.3. The SMILES string of the molecule is CCCCC/C=C\C/C=C\CCCCCCCCCC(=O)OCCCCCCCCCCC/C=C\C/C=C\CCCCCCCCCCCCCC(=O)NC(COC1OC(CO)C(O)C(O)C1O)C(O)/C=C/CCCCCCCCC. The molecule has 1 aliphatic rings. The number of allylic oxidation sites excluding steroid dienone is 9. The van der Waals surface area contributed by atoms with Gasteiger partial charge in [-0.25, -0.2) is 0 Å². The first kappa shape index (κ1) is 76.4. The number of carbonyl (C=O) groups excluding carboxylic acids is 2. The monoisotopic (exact) mass is 1140 g/mol. The maximum Gasteiger partial charge on any atom is 0.305 e. The van der Waals surface area contributed by atoms with Crippen molar-refractivity contribution in [3.63, 3.8) is 0 Å². The Morgan fingerprint density at radius 2 is 0.827 bits per heavy atom. The number of aliphatic hydroxyl groups is 5. The molecule has 0 aromatic carbocycles. The Hall–Kier alpha value is -2.64. The molecule has 81 heavy (non-hydrogen) atoms. The predicted molar refractivity (Wildman–Crippen MR) is 338 cm³/mol. The quantitative estimate of drug-likeness (QED) is 0.0195. The zero-order chi connectivity index (χ0) is 58.7. The van der Waals surface area contributed by atoms with E-state index in [-0.39, 0.29) is 18.5 Å². The Morgan fingerprint density at radius 1 is 0.457 bits per heavy atom. The molecule has 0 aromatic rings. The van der Waals surface area contributed by atoms with Crippen molar-refractivity contribution in [2.45, 2.75) is 352 Å². The van der Waals surface area contributed by atoms with E-state index in [9.17, 15) is 35.1 Å². The van der Waals surface area contributed by atoms with Crippen molar-refractivity contribution in [1.29, 1.82) is 0 Å². The van der Waals surface area contributed by atoms with Crippen molar-refractivity contribution in [2.24, 2.45) is 0 Å². The first-order valence-corrected chi connectivity index (χ1v) is 34.1. The Bertz CT molecular complexity index is 1530. The van der Waals surface area contributed by atoms with Gasteiger partial charge >= 0.3 is 5.97 Å². The minimum Gasteiger partial charge on any atom is -0.466 e. The van der Waals surface area contributed by atoms with Gasteiger partial charge in [-0.2, -0.15) is 0 Å². The van der Waals surface area contributed by atoms with Crippen LogP contribution >= 0.6 is 0 Å². The van der Waals surface area contributed by atoms with E-state index in [0.29, 0.717) is 19.4 Å². The lowest BCUT2D eigenvalue weighted by molar-refractivity contribution is -0.302. The van der Waals surface area contributed by atoms with Gasteiger partial charge in [0, 0.05) is 12.8 Å². The number of hydrogen-bond acceptors (Lipinski definition) is 10. The average Bonchev–Trinajstić information content (AvgIpc) is 3.47. The molecule has 0 aromatic heterocycles. The summed E-state index contributed by atoms with van der Waals surface area (Å²) in [7, 11) is 0. The smallest absolute Gasteiger partial charge is 0.305 e. The highest BCUT2D eigenvalue weighted by Gasteiger charge is 2.44. The van der Waals surface area contributed by atoms with Crippen molar-refractivity contribution in [1.82, 2.24) is 5.32 Å². The molecule has 472 valence electrons. The van der Waals surface area contributed by atoms with Crippen LogP contribution < -0.4 is 5.32 Å². The largest absolute Gasteiger partial charge is 0.466 e. The first-order valence-electron chi connectivity index (χ1n) is 34.1. The van der Waals surface area contributed by atoms with Crippen LogP contribution in [0.2, 0.25) is 0 Å². The molecule has 6 N–H and O–H groups in total. The van der Waals surface area contributed by atoms with Crippen LogP contribution in [0.1, 0.15) is 309 Å². The molecule has 0 saturated carbocycles. The fraction of sp³-hybridized carbons (Fsp3) is 0.829. The third-order valence-electron chi connectivity index (χ3n) is 15.8. The van der Waals surface area contributed by atoms with Gasteiger partial charge in [-0.3, -0.25) is 9.59 Å². The van der Waals surface area contributed by atoms with E-state index in [2.05, 4.69) is 67.8 Å². The molecular weight excluding hydrogens is 1010 g/mol. The Labute approximate surface area is 497 Å². The highest BCUT2D eigenvalue weighted by molar-refractivity contribution is 5.76. The van der Waals surface area contributed by atoms with Crippen LogP contribution in [0.5, 0.6) is 0 Å². The summed E-state index contributed by atoms with van der Waals surface area (Å²) in [6.45, 7) is 4.29. The molecule has 7 unspecified atom stereocenters. The zero-order valence-electron chi connectivity index (χ0n) is 52.2. The summed E-state index contributed by atoms with van der Waals surface area (Å²) in [5.41, 5.74) is 0. The summed E-state index contributed by atoms with van der Waals surface area (Å²) in [5.74, 6) is -0.194. The maximum absolute atomic E-state index is 13.0. The fourth-order valence-corrected chi connectivity index (χ4v) is 10.4. The number of rotatable bonds is 59. The topological polar surface area (TPSA) is 175 Å². The Balaban J connectivity index is 1.95. The molecule has 1 amide bonds. The number of amides is 1. The third-order valence-corrected chi connectivity index (χ3v) is 15.8. The van der Waals surface area contributed by atoms with Crippen LogP contribution in [0.3, 0.4) is 0 Å². The summed E-state index contributed by atoms with van der Waals surface area (Å²) in [6, 6.07) is -0.812. The fourth-order valence-electron chi connectivity index (χ4n) is 10.4. The molecule has 11 heteroatoms. The molecule has 0 radical (unpaired) electrons. The highest BCUT2D eigenvalue weighted by Crippen LogP contribution is 2.23. The molecule has 0 aliphatic carbocycles. The highest BCUT2D eigenvalue weighted by atomic mass is 16.7. The van der Waals surface area contributed by atoms with E-state index in [1.165, 1.54) is 205 Å². The number of nitrogens with one attached hydrogen (secondary N) is 1. The number of hydrogen-bond donors (Lipinski definition) is 6. The second-order valence-electron chi connectivity index (χ2n) is 23.5. The average molecular weight is 1140 g/mol. The van der Waals surface area contributed by atoms with Crippen molar-refractivity contribution < 1.29 is 49.3 Å². The minimum atomic E-state index is -1.57. The number of unbranched alkanes of at least 4 members (excludes halogenated alkanes) is 37. The van der Waals surface area contributed by atoms with Crippen LogP contribution in [0.25, 0.3) is 0 Å². The van der Waals surface area contributed by atoms with Crippen LogP contribution in [0.15, 0.2) is 60.8 Å². The molecule has 7 atom stereocenters. The maximum atomic E-state index is 13.0. The lowest BCUT2D eigenvalue weighted by Crippen LogP contribution is -2.60. The molecule has 0 spiro atoms. The van der Waals surface area contributed by atoms with E-state index in [0.717, 1.165) is 77.0 Å². The number of aliphatic hydroxyl groups excluding tert-OH is 5. The molecule has 1 aliphatic heterocycles. The van der Waals surface area contributed by atoms with E-state index in [1.807, 2.05) is 6.08 Å². The van der Waals surface area contributed by atoms with Crippen LogP contribution in [-0.4, -0.2) is 100 Å². The molecule has 1 saturated heterocycles. The zero-order valence-corrected chi connectivity index (χ0v) is 52.2. The van der Waals surface area contributed by atoms with Gasteiger partial charge in [0.25, 0.3) is 0 Å². The van der Waals surface area contributed by atoms with E-state index in [1.54, 1.807) is 6.08 Å². The van der Waals surface area contributed by atoms with Crippen LogP contribution in [-0.2, 0) is 23.8 Å². The van der Waals surface area contributed by atoms with Crippen LogP contribution in [0, 0.1) is 0 Å². The molecule has 11 nitrogen and oxygen atoms in total. The normalized spacial score (nSPS) is 18.6. The van der Waals surface area contributed by atoms with E-state index < -0.39 is 49.5 Å². The summed E-state index contributed by atoms with van der Waals surface area (Å²) in [4.78, 5) is 25.1. The van der Waals surface area contributed by atoms with Gasteiger partial charge in [-0.15, -0.1) is 0 Å². The second kappa shape index (κ2) is 59.1. The summed E-state index contributed by atoms with van der Waals surface area (Å²) >= 11 is 0. The van der Waals surface area contributed by atoms with Crippen molar-refractivity contribution in [3.05, 3.63) is 60.8 Å². The standard InChI is InChI=1S/C70H127NO10/c1-3-5-7-9-11-13-14-15-16-28-32-35-38-42-46-50-54-58-66(75)79-59-55-51-47-43-39-36-33-30-27-25-23-21-19-17-18-20-22-24-26-29-31-34-37-41-45-49-53-57-65(74)71-62(63(73)56-52-48-44-40-12-10-8-6-4-2)61-80-70-69(78)68(77)67(76)64(60-72)81-70/h11,13,15-18,21,23,52,56,62-64,67-70,72-73,76-78H,3-10,12,14,19-20,22,24-51,53-55,57-61H2,1-2H3,(H,71,74)/b13-11-,16-15-,18-17-,23-21-,56-52+. The summed E-state index contributed by atoms with van der Waals surface area (Å²) in [6.07, 6.45) is 67.8. The van der Waals surface area contributed by atoms with Gasteiger partial charge in [0.05, 0.1) is 32.0 Å². The van der Waals surface area contributed by atoms with Gasteiger partial charge in [-0.1, -0.05) is 261 Å². The van der Waals surface area contributed by atoms with Gasteiger partial charge in [-0.05, 0) is 96.3 Å². The number of esters is 1. The van der Waals surface area contributed by atoms with Gasteiger partial charge in [0.2, 0.25) is 5.91 Å². The van der Waals surface area contributed by atoms with Crippen molar-refractivity contribution >= 4 is 11.9 Å². The molecule has 1 rings (SSSR count). The minimum absolute atomic E-state index is 0.00714. The first-order chi connectivity index (χ1) is 39.7. The molecule has 1 fully saturated rings. The Kier molecular flexibility index (Phi) is 55.7. The van der Waals surface area contributed by atoms with Crippen LogP contribution in [0.4, 0.5) is 0 Å². The van der Waals surface area contributed by atoms with E-state index in [4.69, 9.17) is 14.2 Å². The van der Waals surface area contributed by atoms with Gasteiger partial charge < -0.3 is 45.1 Å². The van der Waals surface area contributed by atoms with Gasteiger partial charge in [0.15, 0.2) is 6.29 Å². The van der Waals surface area contributed by atoms with E-state index >= 15 is 0 Å².